The minimum absolute atomic E-state index is 0.146. The molecule has 0 aliphatic carbocycles. The molecule has 0 aromatic heterocycles. The number of ether oxygens (including phenoxy) is 1. The molecule has 146 valence electrons. The zero-order chi connectivity index (χ0) is 20.0. The van der Waals surface area contributed by atoms with Crippen LogP contribution < -0.4 is 9.46 Å². The third kappa shape index (κ3) is 5.55. The maximum atomic E-state index is 12.6. The van der Waals surface area contributed by atoms with Gasteiger partial charge in [-0.05, 0) is 55.3 Å². The number of rotatable bonds is 8. The first kappa shape index (κ1) is 20.9. The van der Waals surface area contributed by atoms with Crippen molar-refractivity contribution in [2.45, 2.75) is 37.8 Å². The summed E-state index contributed by atoms with van der Waals surface area (Å²) >= 11 is 0. The predicted molar refractivity (Wildman–Crippen MR) is 105 cm³/mol. The fraction of sp³-hybridized carbons (Fsp3) is 0.350. The number of nitrogens with one attached hydrogen (secondary N) is 1. The van der Waals surface area contributed by atoms with E-state index in [-0.39, 0.29) is 16.8 Å². The van der Waals surface area contributed by atoms with Crippen molar-refractivity contribution in [2.24, 2.45) is 0 Å². The summed E-state index contributed by atoms with van der Waals surface area (Å²) in [7, 11) is -0.262. The molecule has 2 aromatic carbocycles. The van der Waals surface area contributed by atoms with Gasteiger partial charge in [0.05, 0.1) is 12.0 Å². The summed E-state index contributed by atoms with van der Waals surface area (Å²) in [6, 6.07) is 13.3. The second-order valence-electron chi connectivity index (χ2n) is 6.46. The Kier molecular flexibility index (Phi) is 6.98. The highest BCUT2D eigenvalue weighted by Crippen LogP contribution is 2.16. The monoisotopic (exact) mass is 390 g/mol. The quantitative estimate of drug-likeness (QED) is 0.752. The molecule has 1 unspecified atom stereocenters. The van der Waals surface area contributed by atoms with Crippen LogP contribution in [0.1, 0.15) is 36.2 Å². The number of methoxy groups -OCH3 is 1. The SMILES string of the molecule is CCC(C)NS(=O)(=O)c1ccc(C(=O)N(C)Cc2ccc(OC)cc2)cc1. The molecular formula is C20H26N2O4S. The summed E-state index contributed by atoms with van der Waals surface area (Å²) in [4.78, 5) is 14.3. The Bertz CT molecular complexity index is 862. The Hall–Kier alpha value is -2.38. The summed E-state index contributed by atoms with van der Waals surface area (Å²) in [6.45, 7) is 4.16. The molecule has 0 spiro atoms. The molecule has 7 heteroatoms. The van der Waals surface area contributed by atoms with E-state index in [0.29, 0.717) is 18.5 Å². The molecule has 27 heavy (non-hydrogen) atoms. The van der Waals surface area contributed by atoms with E-state index in [1.807, 2.05) is 38.1 Å². The normalized spacial score (nSPS) is 12.4. The lowest BCUT2D eigenvalue weighted by molar-refractivity contribution is 0.0785. The smallest absolute Gasteiger partial charge is 0.253 e. The van der Waals surface area contributed by atoms with E-state index in [1.165, 1.54) is 24.3 Å². The van der Waals surface area contributed by atoms with Crippen LogP contribution in [0.25, 0.3) is 0 Å². The largest absolute Gasteiger partial charge is 0.497 e. The van der Waals surface area contributed by atoms with Crippen molar-refractivity contribution in [1.82, 2.24) is 9.62 Å². The van der Waals surface area contributed by atoms with Gasteiger partial charge in [-0.1, -0.05) is 19.1 Å². The van der Waals surface area contributed by atoms with Crippen LogP contribution >= 0.6 is 0 Å². The minimum atomic E-state index is -3.58. The van der Waals surface area contributed by atoms with Crippen LogP contribution in [0, 0.1) is 0 Å². The van der Waals surface area contributed by atoms with Crippen LogP contribution in [0.2, 0.25) is 0 Å². The van der Waals surface area contributed by atoms with E-state index < -0.39 is 10.0 Å². The number of nitrogens with zero attached hydrogens (tertiary/aromatic N) is 1. The fourth-order valence-electron chi connectivity index (χ4n) is 2.49. The number of carbonyl (C=O) groups excluding carboxylic acids is 1. The van der Waals surface area contributed by atoms with Gasteiger partial charge in [0, 0.05) is 25.2 Å². The van der Waals surface area contributed by atoms with Crippen molar-refractivity contribution in [1.29, 1.82) is 0 Å². The Balaban J connectivity index is 2.07. The first-order valence-corrected chi connectivity index (χ1v) is 10.3. The van der Waals surface area contributed by atoms with Gasteiger partial charge in [0.15, 0.2) is 0 Å². The summed E-state index contributed by atoms with van der Waals surface area (Å²) in [5.74, 6) is 0.583. The van der Waals surface area contributed by atoms with Crippen LogP contribution in [0.15, 0.2) is 53.4 Å². The zero-order valence-corrected chi connectivity index (χ0v) is 16.9. The van der Waals surface area contributed by atoms with Crippen molar-refractivity contribution >= 4 is 15.9 Å². The summed E-state index contributed by atoms with van der Waals surface area (Å²) in [5.41, 5.74) is 1.41. The van der Waals surface area contributed by atoms with E-state index >= 15 is 0 Å². The lowest BCUT2D eigenvalue weighted by Crippen LogP contribution is -2.32. The van der Waals surface area contributed by atoms with Gasteiger partial charge in [-0.25, -0.2) is 13.1 Å². The molecule has 0 bridgehead atoms. The van der Waals surface area contributed by atoms with E-state index in [9.17, 15) is 13.2 Å². The van der Waals surface area contributed by atoms with E-state index in [4.69, 9.17) is 4.74 Å². The topological polar surface area (TPSA) is 75.7 Å². The lowest BCUT2D eigenvalue weighted by Gasteiger charge is -2.18. The average molecular weight is 391 g/mol. The summed E-state index contributed by atoms with van der Waals surface area (Å²) in [5, 5.41) is 0. The van der Waals surface area contributed by atoms with Crippen molar-refractivity contribution in [2.75, 3.05) is 14.2 Å². The minimum Gasteiger partial charge on any atom is -0.497 e. The molecule has 0 aliphatic rings. The molecule has 0 radical (unpaired) electrons. The number of benzene rings is 2. The highest BCUT2D eigenvalue weighted by Gasteiger charge is 2.18. The lowest BCUT2D eigenvalue weighted by atomic mass is 10.1. The fourth-order valence-corrected chi connectivity index (χ4v) is 3.82. The molecule has 0 aliphatic heterocycles. The number of hydrogen-bond donors (Lipinski definition) is 1. The highest BCUT2D eigenvalue weighted by atomic mass is 32.2. The van der Waals surface area contributed by atoms with Crippen molar-refractivity contribution < 1.29 is 17.9 Å². The molecule has 6 nitrogen and oxygen atoms in total. The van der Waals surface area contributed by atoms with Crippen molar-refractivity contribution in [3.63, 3.8) is 0 Å². The molecule has 1 N–H and O–H groups in total. The van der Waals surface area contributed by atoms with Gasteiger partial charge in [0.1, 0.15) is 5.75 Å². The van der Waals surface area contributed by atoms with Gasteiger partial charge in [-0.2, -0.15) is 0 Å². The molecule has 0 saturated carbocycles. The number of hydrogen-bond acceptors (Lipinski definition) is 4. The van der Waals surface area contributed by atoms with Gasteiger partial charge in [-0.15, -0.1) is 0 Å². The molecule has 2 aromatic rings. The van der Waals surface area contributed by atoms with Gasteiger partial charge in [0.2, 0.25) is 10.0 Å². The van der Waals surface area contributed by atoms with Crippen molar-refractivity contribution in [3.05, 3.63) is 59.7 Å². The van der Waals surface area contributed by atoms with Gasteiger partial charge < -0.3 is 9.64 Å². The number of carbonyl (C=O) groups is 1. The molecule has 1 atom stereocenters. The van der Waals surface area contributed by atoms with E-state index in [1.54, 1.807) is 19.1 Å². The third-order valence-corrected chi connectivity index (χ3v) is 5.91. The Morgan fingerprint density at radius 3 is 2.22 bits per heavy atom. The number of sulfonamides is 1. The van der Waals surface area contributed by atoms with Crippen LogP contribution in [0.4, 0.5) is 0 Å². The molecule has 0 heterocycles. The molecule has 2 rings (SSSR count). The van der Waals surface area contributed by atoms with Crippen LogP contribution in [-0.2, 0) is 16.6 Å². The van der Waals surface area contributed by atoms with Crippen LogP contribution in [0.5, 0.6) is 5.75 Å². The van der Waals surface area contributed by atoms with Crippen LogP contribution in [-0.4, -0.2) is 39.4 Å². The first-order chi connectivity index (χ1) is 12.8. The maximum Gasteiger partial charge on any atom is 0.253 e. The molecule has 0 fully saturated rings. The van der Waals surface area contributed by atoms with Crippen LogP contribution in [0.3, 0.4) is 0 Å². The number of amides is 1. The highest BCUT2D eigenvalue weighted by molar-refractivity contribution is 7.89. The second kappa shape index (κ2) is 9.01. The molecule has 0 saturated heterocycles. The average Bonchev–Trinajstić information content (AvgIpc) is 2.67. The third-order valence-electron chi connectivity index (χ3n) is 4.31. The molecule has 1 amide bonds. The Morgan fingerprint density at radius 1 is 1.11 bits per heavy atom. The van der Waals surface area contributed by atoms with E-state index in [0.717, 1.165) is 11.3 Å². The van der Waals surface area contributed by atoms with Crippen molar-refractivity contribution in [3.8, 4) is 5.75 Å². The first-order valence-electron chi connectivity index (χ1n) is 8.77. The molecular weight excluding hydrogens is 364 g/mol. The predicted octanol–water partition coefficient (Wildman–Crippen LogP) is 3.04. The van der Waals surface area contributed by atoms with Gasteiger partial charge in [-0.3, -0.25) is 4.79 Å². The Morgan fingerprint density at radius 2 is 1.70 bits per heavy atom. The van der Waals surface area contributed by atoms with Gasteiger partial charge in [0.25, 0.3) is 5.91 Å². The zero-order valence-electron chi connectivity index (χ0n) is 16.1. The van der Waals surface area contributed by atoms with E-state index in [2.05, 4.69) is 4.72 Å². The van der Waals surface area contributed by atoms with Gasteiger partial charge >= 0.3 is 0 Å². The summed E-state index contributed by atoms with van der Waals surface area (Å²) < 4.78 is 32.3. The maximum absolute atomic E-state index is 12.6. The standard InChI is InChI=1S/C20H26N2O4S/c1-5-15(2)21-27(24,25)19-12-8-17(9-13-19)20(23)22(3)14-16-6-10-18(26-4)11-7-16/h6-13,15,21H,5,14H2,1-4H3. The Labute approximate surface area is 161 Å². The second-order valence-corrected chi connectivity index (χ2v) is 8.18. The summed E-state index contributed by atoms with van der Waals surface area (Å²) in [6.07, 6.45) is 0.700.